The summed E-state index contributed by atoms with van der Waals surface area (Å²) in [4.78, 5) is 25.0. The summed E-state index contributed by atoms with van der Waals surface area (Å²) in [5, 5.41) is 8.95. The van der Waals surface area contributed by atoms with E-state index in [-0.39, 0.29) is 11.8 Å². The van der Waals surface area contributed by atoms with Crippen LogP contribution in [0.2, 0.25) is 0 Å². The first-order valence-corrected chi connectivity index (χ1v) is 7.07. The fraction of sp³-hybridized carbons (Fsp3) is 0.429. The highest BCUT2D eigenvalue weighted by atomic mass is 79.9. The molecule has 1 heterocycles. The number of likely N-dealkylation sites (tertiary alicyclic amines) is 1. The van der Waals surface area contributed by atoms with E-state index in [2.05, 4.69) is 15.9 Å². The summed E-state index contributed by atoms with van der Waals surface area (Å²) in [5.41, 5.74) is 1.67. The molecule has 1 aromatic rings. The molecule has 0 atom stereocenters. The van der Waals surface area contributed by atoms with Gasteiger partial charge in [-0.3, -0.25) is 9.59 Å². The van der Waals surface area contributed by atoms with Gasteiger partial charge in [0.2, 0.25) is 0 Å². The lowest BCUT2D eigenvalue weighted by Crippen LogP contribution is -2.40. The van der Waals surface area contributed by atoms with E-state index in [1.165, 1.54) is 0 Å². The lowest BCUT2D eigenvalue weighted by molar-refractivity contribution is -0.143. The topological polar surface area (TPSA) is 57.6 Å². The molecule has 2 rings (SSSR count). The molecule has 0 spiro atoms. The minimum absolute atomic E-state index is 0.0283. The van der Waals surface area contributed by atoms with Crippen molar-refractivity contribution in [2.24, 2.45) is 5.92 Å². The zero-order chi connectivity index (χ0) is 14.0. The van der Waals surface area contributed by atoms with Gasteiger partial charge in [0.15, 0.2) is 0 Å². The molecule has 0 saturated carbocycles. The number of rotatable bonds is 2. The van der Waals surface area contributed by atoms with Crippen LogP contribution < -0.4 is 0 Å². The molecule has 1 amide bonds. The van der Waals surface area contributed by atoms with E-state index in [1.54, 1.807) is 11.0 Å². The average molecular weight is 326 g/mol. The van der Waals surface area contributed by atoms with E-state index in [0.717, 1.165) is 10.0 Å². The fourth-order valence-corrected chi connectivity index (χ4v) is 2.75. The Morgan fingerprint density at radius 2 is 1.95 bits per heavy atom. The number of carboxylic acid groups (broad SMARTS) is 1. The normalized spacial score (nSPS) is 16.4. The number of hydrogen-bond acceptors (Lipinski definition) is 2. The minimum Gasteiger partial charge on any atom is -0.481 e. The number of carbonyl (C=O) groups is 2. The van der Waals surface area contributed by atoms with Gasteiger partial charge >= 0.3 is 5.97 Å². The van der Waals surface area contributed by atoms with Crippen LogP contribution in [0.25, 0.3) is 0 Å². The number of piperidine rings is 1. The molecule has 1 aromatic carbocycles. The summed E-state index contributed by atoms with van der Waals surface area (Å²) in [6.45, 7) is 2.96. The zero-order valence-electron chi connectivity index (χ0n) is 10.7. The van der Waals surface area contributed by atoms with Crippen LogP contribution >= 0.6 is 15.9 Å². The maximum atomic E-state index is 12.4. The maximum Gasteiger partial charge on any atom is 0.306 e. The number of nitrogens with zero attached hydrogens (tertiary/aromatic N) is 1. The lowest BCUT2D eigenvalue weighted by atomic mass is 9.96. The Labute approximate surface area is 120 Å². The molecular formula is C14H16BrNO3. The van der Waals surface area contributed by atoms with Crippen molar-refractivity contribution < 1.29 is 14.7 Å². The van der Waals surface area contributed by atoms with Gasteiger partial charge in [0, 0.05) is 17.6 Å². The maximum absolute atomic E-state index is 12.4. The Morgan fingerprint density at radius 1 is 1.32 bits per heavy atom. The van der Waals surface area contributed by atoms with Crippen LogP contribution in [0.5, 0.6) is 0 Å². The number of benzene rings is 1. The molecule has 1 saturated heterocycles. The van der Waals surface area contributed by atoms with Crippen LogP contribution in [0.3, 0.4) is 0 Å². The zero-order valence-corrected chi connectivity index (χ0v) is 12.3. The molecule has 0 bridgehead atoms. The quantitative estimate of drug-likeness (QED) is 0.909. The van der Waals surface area contributed by atoms with E-state index >= 15 is 0 Å². The Kier molecular flexibility index (Phi) is 4.24. The molecule has 0 unspecified atom stereocenters. The third-order valence-electron chi connectivity index (χ3n) is 3.55. The van der Waals surface area contributed by atoms with Crippen molar-refractivity contribution >= 4 is 27.8 Å². The Bertz CT molecular complexity index is 507. The summed E-state index contributed by atoms with van der Waals surface area (Å²) in [6.07, 6.45) is 1.06. The van der Waals surface area contributed by atoms with Crippen molar-refractivity contribution in [1.29, 1.82) is 0 Å². The van der Waals surface area contributed by atoms with Gasteiger partial charge in [0.25, 0.3) is 5.91 Å². The number of amides is 1. The molecule has 0 aromatic heterocycles. The average Bonchev–Trinajstić information content (AvgIpc) is 2.41. The van der Waals surface area contributed by atoms with Gasteiger partial charge in [-0.25, -0.2) is 0 Å². The van der Waals surface area contributed by atoms with Crippen molar-refractivity contribution in [1.82, 2.24) is 4.90 Å². The van der Waals surface area contributed by atoms with Gasteiger partial charge in [-0.15, -0.1) is 0 Å². The second-order valence-electron chi connectivity index (χ2n) is 4.84. The number of aryl methyl sites for hydroxylation is 1. The molecule has 19 heavy (non-hydrogen) atoms. The smallest absolute Gasteiger partial charge is 0.306 e. The second-order valence-corrected chi connectivity index (χ2v) is 5.63. The van der Waals surface area contributed by atoms with E-state index in [1.807, 2.05) is 19.1 Å². The van der Waals surface area contributed by atoms with Gasteiger partial charge in [0.05, 0.1) is 11.5 Å². The van der Waals surface area contributed by atoms with Crippen LogP contribution in [0.15, 0.2) is 22.7 Å². The molecular weight excluding hydrogens is 310 g/mol. The first kappa shape index (κ1) is 14.1. The molecule has 1 N–H and O–H groups in total. The van der Waals surface area contributed by atoms with Crippen molar-refractivity contribution in [3.63, 3.8) is 0 Å². The van der Waals surface area contributed by atoms with Crippen LogP contribution in [-0.4, -0.2) is 35.0 Å². The minimum atomic E-state index is -0.760. The Balaban J connectivity index is 2.09. The number of hydrogen-bond donors (Lipinski definition) is 1. The first-order chi connectivity index (χ1) is 9.00. The highest BCUT2D eigenvalue weighted by Gasteiger charge is 2.28. The van der Waals surface area contributed by atoms with E-state index in [4.69, 9.17) is 5.11 Å². The highest BCUT2D eigenvalue weighted by molar-refractivity contribution is 9.10. The molecule has 4 nitrogen and oxygen atoms in total. The van der Waals surface area contributed by atoms with Crippen molar-refractivity contribution in [3.05, 3.63) is 33.8 Å². The predicted molar refractivity (Wildman–Crippen MR) is 75.1 cm³/mol. The summed E-state index contributed by atoms with van der Waals surface area (Å²) >= 11 is 3.44. The summed E-state index contributed by atoms with van der Waals surface area (Å²) in [6, 6.07) is 5.59. The van der Waals surface area contributed by atoms with Crippen LogP contribution in [0.4, 0.5) is 0 Å². The molecule has 102 valence electrons. The Hall–Kier alpha value is -1.36. The molecule has 1 fully saturated rings. The van der Waals surface area contributed by atoms with Gasteiger partial charge in [0.1, 0.15) is 0 Å². The molecule has 1 aliphatic heterocycles. The largest absolute Gasteiger partial charge is 0.481 e. The lowest BCUT2D eigenvalue weighted by Gasteiger charge is -2.30. The van der Waals surface area contributed by atoms with E-state index in [0.29, 0.717) is 31.5 Å². The van der Waals surface area contributed by atoms with Crippen LogP contribution in [0, 0.1) is 12.8 Å². The van der Waals surface area contributed by atoms with Crippen molar-refractivity contribution in [2.45, 2.75) is 19.8 Å². The van der Waals surface area contributed by atoms with Crippen molar-refractivity contribution in [3.8, 4) is 0 Å². The summed E-state index contributed by atoms with van der Waals surface area (Å²) < 4.78 is 0.820. The van der Waals surface area contributed by atoms with Crippen molar-refractivity contribution in [2.75, 3.05) is 13.1 Å². The number of carbonyl (C=O) groups excluding carboxylic acids is 1. The third-order valence-corrected chi connectivity index (χ3v) is 4.61. The van der Waals surface area contributed by atoms with Crippen LogP contribution in [0.1, 0.15) is 28.8 Å². The fourth-order valence-electron chi connectivity index (χ4n) is 2.31. The number of aliphatic carboxylic acids is 1. The van der Waals surface area contributed by atoms with Gasteiger partial charge in [-0.2, -0.15) is 0 Å². The standard InChI is InChI=1S/C14H16BrNO3/c1-9-3-2-4-11(12(9)15)13(17)16-7-5-10(6-8-16)14(18)19/h2-4,10H,5-8H2,1H3,(H,18,19). The summed E-state index contributed by atoms with van der Waals surface area (Å²) in [7, 11) is 0. The molecule has 0 aliphatic carbocycles. The molecule has 1 aliphatic rings. The van der Waals surface area contributed by atoms with E-state index in [9.17, 15) is 9.59 Å². The SMILES string of the molecule is Cc1cccc(C(=O)N2CCC(C(=O)O)CC2)c1Br. The first-order valence-electron chi connectivity index (χ1n) is 6.28. The summed E-state index contributed by atoms with van der Waals surface area (Å²) in [5.74, 6) is -1.10. The van der Waals surface area contributed by atoms with Gasteiger partial charge < -0.3 is 10.0 Å². The third kappa shape index (κ3) is 2.97. The van der Waals surface area contributed by atoms with Crippen LogP contribution in [-0.2, 0) is 4.79 Å². The molecule has 5 heteroatoms. The Morgan fingerprint density at radius 3 is 2.53 bits per heavy atom. The van der Waals surface area contributed by atoms with E-state index < -0.39 is 5.97 Å². The van der Waals surface area contributed by atoms with Gasteiger partial charge in [-0.1, -0.05) is 12.1 Å². The number of halogens is 1. The van der Waals surface area contributed by atoms with Gasteiger partial charge in [-0.05, 0) is 47.3 Å². The number of carboxylic acids is 1. The second kappa shape index (κ2) is 5.74. The molecule has 0 radical (unpaired) electrons. The predicted octanol–water partition coefficient (Wildman–Crippen LogP) is 2.69. The monoisotopic (exact) mass is 325 g/mol. The highest BCUT2D eigenvalue weighted by Crippen LogP contribution is 2.25.